The molecule has 2 aliphatic rings. The molecule has 0 bridgehead atoms. The van der Waals surface area contributed by atoms with E-state index in [0.29, 0.717) is 18.3 Å². The van der Waals surface area contributed by atoms with Crippen molar-refractivity contribution in [3.8, 4) is 17.1 Å². The van der Waals surface area contributed by atoms with Gasteiger partial charge in [-0.2, -0.15) is 4.98 Å². The highest BCUT2D eigenvalue weighted by atomic mass is 35.5. The molecule has 2 aromatic rings. The van der Waals surface area contributed by atoms with E-state index in [1.807, 2.05) is 29.2 Å². The molecule has 2 N–H and O–H groups in total. The van der Waals surface area contributed by atoms with Crippen LogP contribution in [0.25, 0.3) is 11.4 Å². The van der Waals surface area contributed by atoms with E-state index in [0.717, 1.165) is 56.8 Å². The minimum atomic E-state index is 0. The van der Waals surface area contributed by atoms with E-state index in [9.17, 15) is 4.79 Å². The fraction of sp³-hybridized carbons (Fsp3) is 0.550. The number of benzene rings is 1. The minimum absolute atomic E-state index is 0. The van der Waals surface area contributed by atoms with E-state index in [-0.39, 0.29) is 42.7 Å². The average molecular weight is 458 g/mol. The molecule has 1 amide bonds. The Balaban J connectivity index is 0.00000160. The van der Waals surface area contributed by atoms with Crippen LogP contribution in [-0.4, -0.2) is 65.2 Å². The van der Waals surface area contributed by atoms with Crippen LogP contribution in [0.1, 0.15) is 25.2 Å². The topological polar surface area (TPSA) is 97.7 Å². The van der Waals surface area contributed by atoms with E-state index in [1.165, 1.54) is 0 Å². The maximum Gasteiger partial charge on any atom is 0.241 e. The predicted octanol–water partition coefficient (Wildman–Crippen LogP) is 2.36. The standard InChI is InChI=1S/C20H27N5O3.2ClH/c1-27-17-6-3-14(4-7-17)19-22-18(28-23-19)13-24-8-10-25(11-9-24)20(26)15-2-5-16(21)12-15;;/h3-4,6-7,15-16H,2,5,8-13,21H2,1H3;2*1H. The van der Waals surface area contributed by atoms with Crippen molar-refractivity contribution in [3.05, 3.63) is 30.2 Å². The third-order valence-corrected chi connectivity index (χ3v) is 5.68. The number of hydrogen-bond donors (Lipinski definition) is 1. The highest BCUT2D eigenvalue weighted by Gasteiger charge is 2.32. The molecule has 0 spiro atoms. The van der Waals surface area contributed by atoms with E-state index in [1.54, 1.807) is 7.11 Å². The van der Waals surface area contributed by atoms with E-state index < -0.39 is 0 Å². The Kier molecular flexibility index (Phi) is 8.91. The number of rotatable bonds is 5. The van der Waals surface area contributed by atoms with Gasteiger partial charge in [0.2, 0.25) is 17.6 Å². The molecular weight excluding hydrogens is 429 g/mol. The van der Waals surface area contributed by atoms with Crippen LogP contribution < -0.4 is 10.5 Å². The number of nitrogens with zero attached hydrogens (tertiary/aromatic N) is 4. The summed E-state index contributed by atoms with van der Waals surface area (Å²) in [5, 5.41) is 4.08. The van der Waals surface area contributed by atoms with Crippen molar-refractivity contribution < 1.29 is 14.1 Å². The number of carbonyl (C=O) groups excluding carboxylic acids is 1. The first-order chi connectivity index (χ1) is 13.6. The Morgan fingerprint density at radius 3 is 2.47 bits per heavy atom. The van der Waals surface area contributed by atoms with Gasteiger partial charge in [0.05, 0.1) is 13.7 Å². The third kappa shape index (κ3) is 5.63. The molecule has 1 saturated heterocycles. The number of hydrogen-bond acceptors (Lipinski definition) is 7. The number of methoxy groups -OCH3 is 1. The van der Waals surface area contributed by atoms with Gasteiger partial charge in [-0.15, -0.1) is 24.8 Å². The van der Waals surface area contributed by atoms with Gasteiger partial charge in [-0.05, 0) is 43.5 Å². The fourth-order valence-corrected chi connectivity index (χ4v) is 3.99. The van der Waals surface area contributed by atoms with Crippen molar-refractivity contribution in [2.24, 2.45) is 11.7 Å². The molecule has 2 heterocycles. The third-order valence-electron chi connectivity index (χ3n) is 5.68. The zero-order valence-electron chi connectivity index (χ0n) is 17.0. The van der Waals surface area contributed by atoms with Crippen LogP contribution in [0.4, 0.5) is 0 Å². The maximum absolute atomic E-state index is 12.6. The van der Waals surface area contributed by atoms with E-state index in [4.69, 9.17) is 15.0 Å². The first-order valence-electron chi connectivity index (χ1n) is 9.86. The van der Waals surface area contributed by atoms with Crippen molar-refractivity contribution >= 4 is 30.7 Å². The number of aromatic nitrogens is 2. The quantitative estimate of drug-likeness (QED) is 0.735. The molecule has 8 nitrogen and oxygen atoms in total. The van der Waals surface area contributed by atoms with Gasteiger partial charge in [0.15, 0.2) is 0 Å². The summed E-state index contributed by atoms with van der Waals surface area (Å²) in [7, 11) is 1.64. The fourth-order valence-electron chi connectivity index (χ4n) is 3.99. The first kappa shape index (κ1) is 24.4. The second kappa shape index (κ2) is 10.9. The Morgan fingerprint density at radius 1 is 1.17 bits per heavy atom. The molecule has 1 aliphatic carbocycles. The smallest absolute Gasteiger partial charge is 0.241 e. The van der Waals surface area contributed by atoms with Gasteiger partial charge in [-0.25, -0.2) is 0 Å². The maximum atomic E-state index is 12.6. The van der Waals surface area contributed by atoms with E-state index >= 15 is 0 Å². The molecule has 1 aliphatic heterocycles. The molecule has 1 saturated carbocycles. The largest absolute Gasteiger partial charge is 0.497 e. The molecular formula is C20H29Cl2N5O3. The summed E-state index contributed by atoms with van der Waals surface area (Å²) in [6.45, 7) is 3.70. The van der Waals surface area contributed by atoms with Gasteiger partial charge in [0.1, 0.15) is 5.75 Å². The lowest BCUT2D eigenvalue weighted by Crippen LogP contribution is -2.49. The van der Waals surface area contributed by atoms with Gasteiger partial charge in [-0.1, -0.05) is 5.16 Å². The highest BCUT2D eigenvalue weighted by molar-refractivity contribution is 5.85. The van der Waals surface area contributed by atoms with Crippen LogP contribution in [0.15, 0.2) is 28.8 Å². The SMILES string of the molecule is COc1ccc(-c2noc(CN3CCN(C(=O)C4CCC(N)C4)CC3)n2)cc1.Cl.Cl. The van der Waals surface area contributed by atoms with Gasteiger partial charge in [0, 0.05) is 43.7 Å². The summed E-state index contributed by atoms with van der Waals surface area (Å²) >= 11 is 0. The van der Waals surface area contributed by atoms with Crippen LogP contribution in [-0.2, 0) is 11.3 Å². The Bertz CT molecular complexity index is 809. The summed E-state index contributed by atoms with van der Waals surface area (Å²) < 4.78 is 10.6. The second-order valence-electron chi connectivity index (χ2n) is 7.61. The summed E-state index contributed by atoms with van der Waals surface area (Å²) in [5.74, 6) is 2.34. The van der Waals surface area contributed by atoms with Crippen LogP contribution >= 0.6 is 24.8 Å². The van der Waals surface area contributed by atoms with Crippen molar-refractivity contribution in [3.63, 3.8) is 0 Å². The molecule has 4 rings (SSSR count). The lowest BCUT2D eigenvalue weighted by molar-refractivity contribution is -0.137. The summed E-state index contributed by atoms with van der Waals surface area (Å²) in [5.41, 5.74) is 6.84. The van der Waals surface area contributed by atoms with Crippen molar-refractivity contribution in [2.75, 3.05) is 33.3 Å². The van der Waals surface area contributed by atoms with Crippen molar-refractivity contribution in [2.45, 2.75) is 31.8 Å². The zero-order valence-corrected chi connectivity index (χ0v) is 18.7. The monoisotopic (exact) mass is 457 g/mol. The van der Waals surface area contributed by atoms with Gasteiger partial charge in [-0.3, -0.25) is 9.69 Å². The van der Waals surface area contributed by atoms with Crippen molar-refractivity contribution in [1.82, 2.24) is 19.9 Å². The van der Waals surface area contributed by atoms with Crippen LogP contribution in [0.5, 0.6) is 5.75 Å². The molecule has 2 atom stereocenters. The molecule has 0 radical (unpaired) electrons. The molecule has 2 unspecified atom stereocenters. The van der Waals surface area contributed by atoms with E-state index in [2.05, 4.69) is 15.0 Å². The first-order valence-corrected chi connectivity index (χ1v) is 9.86. The Morgan fingerprint density at radius 2 is 1.87 bits per heavy atom. The molecule has 1 aromatic carbocycles. The Hall–Kier alpha value is -1.87. The highest BCUT2D eigenvalue weighted by Crippen LogP contribution is 2.26. The summed E-state index contributed by atoms with van der Waals surface area (Å²) in [6, 6.07) is 7.75. The number of amides is 1. The number of piperazine rings is 1. The molecule has 2 fully saturated rings. The predicted molar refractivity (Wildman–Crippen MR) is 118 cm³/mol. The summed E-state index contributed by atoms with van der Waals surface area (Å²) in [6.07, 6.45) is 2.72. The number of halogens is 2. The number of carbonyl (C=O) groups is 1. The van der Waals surface area contributed by atoms with Gasteiger partial charge in [0.25, 0.3) is 0 Å². The van der Waals surface area contributed by atoms with Crippen LogP contribution in [0.3, 0.4) is 0 Å². The molecule has 30 heavy (non-hydrogen) atoms. The lowest BCUT2D eigenvalue weighted by Gasteiger charge is -2.35. The van der Waals surface area contributed by atoms with Crippen LogP contribution in [0.2, 0.25) is 0 Å². The molecule has 166 valence electrons. The summed E-state index contributed by atoms with van der Waals surface area (Å²) in [4.78, 5) is 21.3. The minimum Gasteiger partial charge on any atom is -0.497 e. The number of ether oxygens (including phenoxy) is 1. The van der Waals surface area contributed by atoms with Crippen molar-refractivity contribution in [1.29, 1.82) is 0 Å². The zero-order chi connectivity index (χ0) is 19.5. The lowest BCUT2D eigenvalue weighted by atomic mass is 10.1. The average Bonchev–Trinajstić information content (AvgIpc) is 3.37. The van der Waals surface area contributed by atoms with Gasteiger partial charge < -0.3 is 19.9 Å². The number of nitrogens with two attached hydrogens (primary N) is 1. The Labute approximate surface area is 188 Å². The second-order valence-corrected chi connectivity index (χ2v) is 7.61. The van der Waals surface area contributed by atoms with Crippen LogP contribution in [0, 0.1) is 5.92 Å². The van der Waals surface area contributed by atoms with Gasteiger partial charge >= 0.3 is 0 Å². The molecule has 10 heteroatoms. The normalized spacial score (nSPS) is 21.6. The molecule has 1 aromatic heterocycles.